The van der Waals surface area contributed by atoms with E-state index in [2.05, 4.69) is 59.2 Å². The van der Waals surface area contributed by atoms with E-state index in [0.717, 1.165) is 6.42 Å². The highest BCUT2D eigenvalue weighted by Crippen LogP contribution is 2.36. The van der Waals surface area contributed by atoms with Crippen LogP contribution in [0.4, 0.5) is 11.6 Å². The third kappa shape index (κ3) is 6.25. The summed E-state index contributed by atoms with van der Waals surface area (Å²) < 4.78 is 13.7. The third-order valence-electron chi connectivity index (χ3n) is 6.03. The normalized spacial score (nSPS) is 13.1. The number of H-pyrrole nitrogens is 1. The highest BCUT2D eigenvalue weighted by atomic mass is 35.5. The van der Waals surface area contributed by atoms with Crippen LogP contribution in [-0.4, -0.2) is 45.8 Å². The Morgan fingerprint density at radius 1 is 1.26 bits per heavy atom. The lowest BCUT2D eigenvalue weighted by Gasteiger charge is -2.36. The van der Waals surface area contributed by atoms with Crippen LogP contribution in [0, 0.1) is 0 Å². The number of aromatic amines is 1. The minimum absolute atomic E-state index is 0.0898. The maximum absolute atomic E-state index is 12.2. The average molecular weight is 505 g/mol. The predicted molar refractivity (Wildman–Crippen MR) is 137 cm³/mol. The quantitative estimate of drug-likeness (QED) is 0.388. The summed E-state index contributed by atoms with van der Waals surface area (Å²) in [5, 5.41) is 6.53. The van der Waals surface area contributed by atoms with Crippen molar-refractivity contribution in [1.29, 1.82) is 0 Å². The molecule has 0 spiro atoms. The molecular weight excluding hydrogens is 472 g/mol. The van der Waals surface area contributed by atoms with Crippen molar-refractivity contribution in [2.24, 2.45) is 7.05 Å². The van der Waals surface area contributed by atoms with Crippen LogP contribution in [0.5, 0.6) is 5.75 Å². The van der Waals surface area contributed by atoms with Gasteiger partial charge in [0.2, 0.25) is 0 Å². The number of hydrogen-bond acceptors (Lipinski definition) is 7. The Hall–Kier alpha value is -2.69. The Bertz CT molecular complexity index is 1190. The smallest absolute Gasteiger partial charge is 0.277 e. The van der Waals surface area contributed by atoms with Gasteiger partial charge < -0.3 is 19.6 Å². The summed E-state index contributed by atoms with van der Waals surface area (Å²) in [5.74, 6) is 1.83. The first kappa shape index (κ1) is 25.9. The number of aryl methyl sites for hydroxylation is 1. The van der Waals surface area contributed by atoms with Gasteiger partial charge in [-0.3, -0.25) is 9.48 Å². The van der Waals surface area contributed by atoms with Crippen LogP contribution < -0.4 is 15.6 Å². The van der Waals surface area contributed by atoms with Crippen LogP contribution >= 0.6 is 11.6 Å². The lowest BCUT2D eigenvalue weighted by atomic mass is 10.2. The highest BCUT2D eigenvalue weighted by molar-refractivity contribution is 6.74. The predicted octanol–water partition coefficient (Wildman–Crippen LogP) is 5.14. The molecule has 0 aromatic carbocycles. The first-order valence-corrected chi connectivity index (χ1v) is 14.5. The number of anilines is 2. The largest absolute Gasteiger partial charge is 0.489 e. The summed E-state index contributed by atoms with van der Waals surface area (Å²) in [7, 11) is -0.162. The van der Waals surface area contributed by atoms with Crippen LogP contribution in [0.3, 0.4) is 0 Å². The first-order valence-electron chi connectivity index (χ1n) is 11.2. The van der Waals surface area contributed by atoms with Gasteiger partial charge in [-0.1, -0.05) is 32.4 Å². The summed E-state index contributed by atoms with van der Waals surface area (Å²) in [5.41, 5.74) is 0.178. The van der Waals surface area contributed by atoms with Crippen molar-refractivity contribution >= 4 is 31.6 Å². The summed E-state index contributed by atoms with van der Waals surface area (Å²) in [6, 6.07) is 3.42. The zero-order chi connectivity index (χ0) is 25.1. The van der Waals surface area contributed by atoms with Crippen molar-refractivity contribution in [3.63, 3.8) is 0 Å². The zero-order valence-electron chi connectivity index (χ0n) is 20.8. The number of nitrogens with zero attached hydrogens (tertiary/aromatic N) is 4. The molecule has 184 valence electrons. The number of aromatic nitrogens is 5. The Morgan fingerprint density at radius 2 is 2.00 bits per heavy atom. The van der Waals surface area contributed by atoms with Crippen molar-refractivity contribution in [1.82, 2.24) is 24.7 Å². The monoisotopic (exact) mass is 504 g/mol. The van der Waals surface area contributed by atoms with Crippen LogP contribution in [0.15, 0.2) is 35.5 Å². The molecule has 1 unspecified atom stereocenters. The van der Waals surface area contributed by atoms with Crippen molar-refractivity contribution < 1.29 is 9.16 Å². The van der Waals surface area contributed by atoms with Crippen molar-refractivity contribution in [2.45, 2.75) is 58.4 Å². The number of hydrogen-bond donors (Lipinski definition) is 2. The SMILES string of the molecule is CC(CCO[Si](C)(C)C(C)(C)C)Oc1cc(Nc2ccnc(-c3c[nH]n(C)c3=O)n2)ncc1Cl. The molecule has 2 N–H and O–H groups in total. The second-order valence-corrected chi connectivity index (χ2v) is 15.0. The fourth-order valence-electron chi connectivity index (χ4n) is 2.86. The first-order chi connectivity index (χ1) is 15.9. The van der Waals surface area contributed by atoms with Gasteiger partial charge >= 0.3 is 0 Å². The van der Waals surface area contributed by atoms with Gasteiger partial charge in [0.05, 0.1) is 12.3 Å². The van der Waals surface area contributed by atoms with Gasteiger partial charge in [0, 0.05) is 38.5 Å². The van der Waals surface area contributed by atoms with Crippen LogP contribution in [-0.2, 0) is 11.5 Å². The molecule has 0 aliphatic rings. The van der Waals surface area contributed by atoms with E-state index in [1.807, 2.05) is 6.92 Å². The molecular formula is C23H33ClN6O3Si. The molecule has 0 fully saturated rings. The minimum Gasteiger partial charge on any atom is -0.489 e. The van der Waals surface area contributed by atoms with E-state index in [1.54, 1.807) is 31.6 Å². The number of rotatable bonds is 9. The maximum atomic E-state index is 12.2. The van der Waals surface area contributed by atoms with Gasteiger partial charge in [-0.05, 0) is 31.1 Å². The fraction of sp³-hybridized carbons (Fsp3) is 0.478. The highest BCUT2D eigenvalue weighted by Gasteiger charge is 2.37. The van der Waals surface area contributed by atoms with Crippen molar-refractivity contribution in [3.05, 3.63) is 46.1 Å². The van der Waals surface area contributed by atoms with Gasteiger partial charge in [0.15, 0.2) is 14.1 Å². The lowest BCUT2D eigenvalue weighted by molar-refractivity contribution is 0.171. The number of nitrogens with one attached hydrogen (secondary N) is 2. The fourth-order valence-corrected chi connectivity index (χ4v) is 4.07. The van der Waals surface area contributed by atoms with E-state index in [9.17, 15) is 4.79 Å². The molecule has 0 saturated carbocycles. The molecule has 3 rings (SSSR count). The van der Waals surface area contributed by atoms with Crippen LogP contribution in [0.25, 0.3) is 11.4 Å². The molecule has 9 nitrogen and oxygen atoms in total. The molecule has 3 heterocycles. The summed E-state index contributed by atoms with van der Waals surface area (Å²) in [4.78, 5) is 25.1. The molecule has 34 heavy (non-hydrogen) atoms. The number of pyridine rings is 1. The second kappa shape index (κ2) is 10.3. The summed E-state index contributed by atoms with van der Waals surface area (Å²) in [6.07, 6.45) is 5.34. The summed E-state index contributed by atoms with van der Waals surface area (Å²) >= 11 is 6.33. The van der Waals surface area contributed by atoms with Crippen LogP contribution in [0.2, 0.25) is 23.2 Å². The molecule has 1 atom stereocenters. The molecule has 0 amide bonds. The Morgan fingerprint density at radius 3 is 2.65 bits per heavy atom. The van der Waals surface area contributed by atoms with E-state index in [4.69, 9.17) is 20.8 Å². The van der Waals surface area contributed by atoms with Gasteiger partial charge in [0.25, 0.3) is 5.56 Å². The van der Waals surface area contributed by atoms with Crippen LogP contribution in [0.1, 0.15) is 34.1 Å². The standard InChI is InChI=1S/C23H33ClN6O3Si/c1-15(9-11-32-34(6,7)23(2,3)4)33-18-12-20(26-14-17(18)24)28-19-8-10-25-21(29-19)16-13-27-30(5)22(16)31/h8,10,12-15,27H,9,11H2,1-7H3,(H,25,26,28,29). The molecule has 0 radical (unpaired) electrons. The molecule has 0 aliphatic carbocycles. The molecule has 0 bridgehead atoms. The molecule has 0 aliphatic heterocycles. The number of ether oxygens (including phenoxy) is 1. The molecule has 3 aromatic heterocycles. The van der Waals surface area contributed by atoms with Gasteiger partial charge in [-0.15, -0.1) is 0 Å². The third-order valence-corrected chi connectivity index (χ3v) is 10.9. The van der Waals surface area contributed by atoms with Gasteiger partial charge in [-0.2, -0.15) is 0 Å². The van der Waals surface area contributed by atoms with E-state index < -0.39 is 8.32 Å². The zero-order valence-corrected chi connectivity index (χ0v) is 22.5. The van der Waals surface area contributed by atoms with Gasteiger partial charge in [0.1, 0.15) is 28.0 Å². The van der Waals surface area contributed by atoms with Crippen molar-refractivity contribution in [3.8, 4) is 17.1 Å². The molecule has 0 saturated heterocycles. The topological polar surface area (TPSA) is 107 Å². The Labute approximate surface area is 206 Å². The number of halogens is 1. The lowest BCUT2D eigenvalue weighted by Crippen LogP contribution is -2.41. The van der Waals surface area contributed by atoms with E-state index >= 15 is 0 Å². The van der Waals surface area contributed by atoms with E-state index in [0.29, 0.717) is 40.4 Å². The average Bonchev–Trinajstić information content (AvgIpc) is 3.08. The Kier molecular flexibility index (Phi) is 7.84. The minimum atomic E-state index is -1.79. The van der Waals surface area contributed by atoms with E-state index in [-0.39, 0.29) is 16.7 Å². The molecule has 3 aromatic rings. The van der Waals surface area contributed by atoms with Gasteiger partial charge in [-0.25, -0.2) is 15.0 Å². The molecule has 11 heteroatoms. The maximum Gasteiger partial charge on any atom is 0.277 e. The van der Waals surface area contributed by atoms with E-state index in [1.165, 1.54) is 10.9 Å². The second-order valence-electron chi connectivity index (χ2n) is 9.77. The van der Waals surface area contributed by atoms with Crippen molar-refractivity contribution in [2.75, 3.05) is 11.9 Å². The summed E-state index contributed by atoms with van der Waals surface area (Å²) in [6.45, 7) is 13.8. The Balaban J connectivity index is 1.66.